The van der Waals surface area contributed by atoms with Crippen LogP contribution in [-0.4, -0.2) is 61.6 Å². The van der Waals surface area contributed by atoms with Gasteiger partial charge in [0.2, 0.25) is 0 Å². The van der Waals surface area contributed by atoms with E-state index in [9.17, 15) is 0 Å². The largest absolute Gasteiger partial charge is 0.357 e. The number of guanidine groups is 1. The van der Waals surface area contributed by atoms with Crippen molar-refractivity contribution >= 4 is 17.7 Å². The molecule has 4 nitrogen and oxygen atoms in total. The number of hydrogen-bond acceptors (Lipinski definition) is 3. The summed E-state index contributed by atoms with van der Waals surface area (Å²) in [7, 11) is 4.28. The van der Waals surface area contributed by atoms with Gasteiger partial charge in [-0.15, -0.1) is 0 Å². The van der Waals surface area contributed by atoms with Crippen molar-refractivity contribution in [3.63, 3.8) is 0 Å². The lowest BCUT2D eigenvalue weighted by molar-refractivity contribution is 0.298. The molecular formula is C19H32N4S. The summed E-state index contributed by atoms with van der Waals surface area (Å²) in [6.07, 6.45) is 3.70. The van der Waals surface area contributed by atoms with Gasteiger partial charge in [-0.05, 0) is 51.6 Å². The maximum atomic E-state index is 4.84. The molecule has 2 rings (SSSR count). The number of benzene rings is 1. The van der Waals surface area contributed by atoms with Crippen LogP contribution in [0, 0.1) is 0 Å². The highest BCUT2D eigenvalue weighted by atomic mass is 32.2. The molecule has 2 N–H and O–H groups in total. The Labute approximate surface area is 151 Å². The van der Waals surface area contributed by atoms with Crippen LogP contribution in [0.3, 0.4) is 0 Å². The van der Waals surface area contributed by atoms with Crippen molar-refractivity contribution in [2.24, 2.45) is 4.99 Å². The molecule has 0 amide bonds. The summed E-state index contributed by atoms with van der Waals surface area (Å²) < 4.78 is 0. The summed E-state index contributed by atoms with van der Waals surface area (Å²) >= 11 is 2.08. The van der Waals surface area contributed by atoms with Crippen LogP contribution in [-0.2, 0) is 6.42 Å². The summed E-state index contributed by atoms with van der Waals surface area (Å²) in [5.74, 6) is 2.25. The van der Waals surface area contributed by atoms with E-state index >= 15 is 0 Å². The Morgan fingerprint density at radius 2 is 2.08 bits per heavy atom. The smallest absolute Gasteiger partial charge is 0.191 e. The maximum Gasteiger partial charge on any atom is 0.191 e. The molecule has 1 aromatic rings. The molecule has 0 spiro atoms. The molecule has 0 bridgehead atoms. The van der Waals surface area contributed by atoms with E-state index in [-0.39, 0.29) is 0 Å². The Kier molecular flexibility index (Phi) is 8.47. The monoisotopic (exact) mass is 348 g/mol. The van der Waals surface area contributed by atoms with E-state index in [0.717, 1.165) is 37.3 Å². The Bertz CT molecular complexity index is 483. The lowest BCUT2D eigenvalue weighted by Gasteiger charge is -2.23. The van der Waals surface area contributed by atoms with Crippen LogP contribution in [0.4, 0.5) is 0 Å². The molecule has 1 heterocycles. The maximum absolute atomic E-state index is 4.84. The fourth-order valence-electron chi connectivity index (χ4n) is 2.85. The quantitative estimate of drug-likeness (QED) is 0.560. The first-order chi connectivity index (χ1) is 11.7. The van der Waals surface area contributed by atoms with Gasteiger partial charge in [0.05, 0.1) is 6.54 Å². The normalized spacial score (nSPS) is 19.5. The Balaban J connectivity index is 1.90. The van der Waals surface area contributed by atoms with Gasteiger partial charge in [-0.2, -0.15) is 11.8 Å². The minimum absolute atomic E-state index is 0.406. The van der Waals surface area contributed by atoms with E-state index in [1.807, 2.05) is 0 Å². The molecule has 0 radical (unpaired) electrons. The molecule has 2 unspecified atom stereocenters. The lowest BCUT2D eigenvalue weighted by atomic mass is 10.1. The van der Waals surface area contributed by atoms with E-state index < -0.39 is 0 Å². The molecule has 1 aromatic carbocycles. The van der Waals surface area contributed by atoms with Crippen molar-refractivity contribution < 1.29 is 0 Å². The SMILES string of the molecule is CCNC(=NCC(Cc1ccccc1)N(C)C)NCC1CCCS1. The lowest BCUT2D eigenvalue weighted by Crippen LogP contribution is -2.41. The third-order valence-corrected chi connectivity index (χ3v) is 5.77. The summed E-state index contributed by atoms with van der Waals surface area (Å²) in [6.45, 7) is 4.83. The van der Waals surface area contributed by atoms with E-state index in [1.165, 1.54) is 24.2 Å². The van der Waals surface area contributed by atoms with Crippen molar-refractivity contribution in [3.05, 3.63) is 35.9 Å². The summed E-state index contributed by atoms with van der Waals surface area (Å²) in [5, 5.41) is 7.63. The first-order valence-electron chi connectivity index (χ1n) is 9.03. The van der Waals surface area contributed by atoms with Gasteiger partial charge in [-0.3, -0.25) is 4.99 Å². The molecule has 0 aromatic heterocycles. The number of hydrogen-bond donors (Lipinski definition) is 2. The predicted molar refractivity (Wildman–Crippen MR) is 107 cm³/mol. The van der Waals surface area contributed by atoms with E-state index in [4.69, 9.17) is 4.99 Å². The minimum Gasteiger partial charge on any atom is -0.357 e. The predicted octanol–water partition coefficient (Wildman–Crippen LogP) is 2.61. The third-order valence-electron chi connectivity index (χ3n) is 4.37. The Morgan fingerprint density at radius 3 is 2.71 bits per heavy atom. The van der Waals surface area contributed by atoms with Crippen molar-refractivity contribution in [1.82, 2.24) is 15.5 Å². The van der Waals surface area contributed by atoms with Crippen LogP contribution in [0.25, 0.3) is 0 Å². The van der Waals surface area contributed by atoms with Gasteiger partial charge in [-0.25, -0.2) is 0 Å². The van der Waals surface area contributed by atoms with Crippen LogP contribution in [0.2, 0.25) is 0 Å². The standard InChI is InChI=1S/C19H32N4S/c1-4-20-19(22-15-18-11-8-12-24-18)21-14-17(23(2)3)13-16-9-6-5-7-10-16/h5-7,9-10,17-18H,4,8,11-15H2,1-3H3,(H2,20,21,22). The van der Waals surface area contributed by atoms with Gasteiger partial charge in [0.15, 0.2) is 5.96 Å². The van der Waals surface area contributed by atoms with Gasteiger partial charge in [0.1, 0.15) is 0 Å². The van der Waals surface area contributed by atoms with Crippen molar-refractivity contribution in [1.29, 1.82) is 0 Å². The number of rotatable bonds is 8. The second-order valence-corrected chi connectivity index (χ2v) is 7.95. The van der Waals surface area contributed by atoms with Crippen LogP contribution in [0.1, 0.15) is 25.3 Å². The van der Waals surface area contributed by atoms with E-state index in [0.29, 0.717) is 6.04 Å². The molecule has 1 aliphatic rings. The number of aliphatic imine (C=N–C) groups is 1. The zero-order valence-corrected chi connectivity index (χ0v) is 16.1. The van der Waals surface area contributed by atoms with Gasteiger partial charge in [0.25, 0.3) is 0 Å². The molecule has 5 heteroatoms. The Hall–Kier alpha value is -1.20. The second-order valence-electron chi connectivity index (χ2n) is 6.54. The molecule has 1 saturated heterocycles. The van der Waals surface area contributed by atoms with Crippen LogP contribution in [0.5, 0.6) is 0 Å². The number of thioether (sulfide) groups is 1. The average molecular weight is 349 g/mol. The van der Waals surface area contributed by atoms with Crippen LogP contribution >= 0.6 is 11.8 Å². The minimum atomic E-state index is 0.406. The fourth-order valence-corrected chi connectivity index (χ4v) is 4.05. The van der Waals surface area contributed by atoms with E-state index in [1.54, 1.807) is 0 Å². The van der Waals surface area contributed by atoms with E-state index in [2.05, 4.69) is 78.6 Å². The van der Waals surface area contributed by atoms with Crippen molar-refractivity contribution in [3.8, 4) is 0 Å². The second kappa shape index (κ2) is 10.6. The molecule has 2 atom stereocenters. The molecule has 134 valence electrons. The number of nitrogens with one attached hydrogen (secondary N) is 2. The molecule has 1 aliphatic heterocycles. The highest BCUT2D eigenvalue weighted by Gasteiger charge is 2.16. The van der Waals surface area contributed by atoms with Crippen LogP contribution in [0.15, 0.2) is 35.3 Å². The summed E-state index contributed by atoms with van der Waals surface area (Å²) in [4.78, 5) is 7.11. The summed E-state index contributed by atoms with van der Waals surface area (Å²) in [6, 6.07) is 11.1. The highest BCUT2D eigenvalue weighted by molar-refractivity contribution is 8.00. The summed E-state index contributed by atoms with van der Waals surface area (Å²) in [5.41, 5.74) is 1.37. The number of nitrogens with zero attached hydrogens (tertiary/aromatic N) is 2. The highest BCUT2D eigenvalue weighted by Crippen LogP contribution is 2.25. The third kappa shape index (κ3) is 6.73. The fraction of sp³-hybridized carbons (Fsp3) is 0.632. The van der Waals surface area contributed by atoms with Gasteiger partial charge in [-0.1, -0.05) is 30.3 Å². The van der Waals surface area contributed by atoms with Gasteiger partial charge < -0.3 is 15.5 Å². The zero-order chi connectivity index (χ0) is 17.2. The van der Waals surface area contributed by atoms with Crippen molar-refractivity contribution in [2.45, 2.75) is 37.5 Å². The topological polar surface area (TPSA) is 39.7 Å². The molecule has 0 aliphatic carbocycles. The molecule has 0 saturated carbocycles. The number of likely N-dealkylation sites (N-methyl/N-ethyl adjacent to an activating group) is 1. The Morgan fingerprint density at radius 1 is 1.29 bits per heavy atom. The average Bonchev–Trinajstić information content (AvgIpc) is 3.10. The van der Waals surface area contributed by atoms with Gasteiger partial charge in [0, 0.05) is 24.4 Å². The molecular weight excluding hydrogens is 316 g/mol. The molecule has 24 heavy (non-hydrogen) atoms. The first kappa shape index (κ1) is 19.1. The zero-order valence-electron chi connectivity index (χ0n) is 15.3. The first-order valence-corrected chi connectivity index (χ1v) is 10.1. The van der Waals surface area contributed by atoms with Crippen LogP contribution < -0.4 is 10.6 Å². The van der Waals surface area contributed by atoms with Gasteiger partial charge >= 0.3 is 0 Å². The molecule has 1 fully saturated rings. The van der Waals surface area contributed by atoms with Crippen molar-refractivity contribution in [2.75, 3.05) is 39.5 Å².